The van der Waals surface area contributed by atoms with Crippen molar-refractivity contribution >= 4 is 0 Å². The molecule has 0 N–H and O–H groups in total. The van der Waals surface area contributed by atoms with Gasteiger partial charge in [0.05, 0.1) is 12.9 Å². The van der Waals surface area contributed by atoms with Crippen LogP contribution in [0.5, 0.6) is 0 Å². The molecular formula is C6H10O3. The highest BCUT2D eigenvalue weighted by atomic mass is 16.8. The Morgan fingerprint density at radius 3 is 3.00 bits per heavy atom. The lowest BCUT2D eigenvalue weighted by Gasteiger charge is -1.98. The summed E-state index contributed by atoms with van der Waals surface area (Å²) in [5.74, 6) is 0. The van der Waals surface area contributed by atoms with E-state index in [1.807, 2.05) is 0 Å². The zero-order chi connectivity index (χ0) is 6.53. The fraction of sp³-hybridized carbons (Fsp3) is 0.667. The third kappa shape index (κ3) is 3.11. The van der Waals surface area contributed by atoms with E-state index in [-0.39, 0.29) is 6.29 Å². The molecule has 1 atom stereocenters. The summed E-state index contributed by atoms with van der Waals surface area (Å²) in [6.07, 6.45) is 1.44. The highest BCUT2D eigenvalue weighted by Gasteiger charge is 2.22. The second kappa shape index (κ2) is 3.48. The van der Waals surface area contributed by atoms with Gasteiger partial charge in [0, 0.05) is 0 Å². The molecule has 0 spiro atoms. The van der Waals surface area contributed by atoms with Gasteiger partial charge in [-0.15, -0.1) is 0 Å². The van der Waals surface area contributed by atoms with Gasteiger partial charge in [0.25, 0.3) is 0 Å². The molecule has 1 saturated heterocycles. The third-order valence-electron chi connectivity index (χ3n) is 0.926. The van der Waals surface area contributed by atoms with Gasteiger partial charge in [-0.2, -0.15) is 0 Å². The van der Waals surface area contributed by atoms with Crippen LogP contribution in [0.4, 0.5) is 0 Å². The van der Waals surface area contributed by atoms with Crippen molar-refractivity contribution in [3.63, 3.8) is 0 Å². The first-order chi connectivity index (χ1) is 4.43. The average molecular weight is 130 g/mol. The Morgan fingerprint density at radius 2 is 2.44 bits per heavy atom. The SMILES string of the molecule is C=COCCOC1CO1. The first kappa shape index (κ1) is 6.58. The number of rotatable bonds is 5. The molecule has 1 fully saturated rings. The fourth-order valence-electron chi connectivity index (χ4n) is 0.447. The summed E-state index contributed by atoms with van der Waals surface area (Å²) >= 11 is 0. The van der Waals surface area contributed by atoms with Gasteiger partial charge in [0.2, 0.25) is 0 Å². The van der Waals surface area contributed by atoms with Crippen molar-refractivity contribution in [2.24, 2.45) is 0 Å². The summed E-state index contributed by atoms with van der Waals surface area (Å²) in [5.41, 5.74) is 0. The molecular weight excluding hydrogens is 120 g/mol. The predicted octanol–water partition coefficient (Wildman–Crippen LogP) is 0.519. The summed E-state index contributed by atoms with van der Waals surface area (Å²) in [5, 5.41) is 0. The Kier molecular flexibility index (Phi) is 2.54. The molecule has 3 nitrogen and oxygen atoms in total. The molecule has 52 valence electrons. The molecule has 1 rings (SSSR count). The van der Waals surface area contributed by atoms with Gasteiger partial charge >= 0.3 is 0 Å². The molecule has 0 amide bonds. The lowest BCUT2D eigenvalue weighted by molar-refractivity contribution is 0.0244. The van der Waals surface area contributed by atoms with E-state index in [1.165, 1.54) is 6.26 Å². The van der Waals surface area contributed by atoms with E-state index < -0.39 is 0 Å². The zero-order valence-corrected chi connectivity index (χ0v) is 5.21. The van der Waals surface area contributed by atoms with Gasteiger partial charge in [0.15, 0.2) is 6.29 Å². The fourth-order valence-corrected chi connectivity index (χ4v) is 0.447. The third-order valence-corrected chi connectivity index (χ3v) is 0.926. The minimum absolute atomic E-state index is 0.0402. The maximum absolute atomic E-state index is 5.06. The number of ether oxygens (including phenoxy) is 3. The van der Waals surface area contributed by atoms with Gasteiger partial charge in [-0.3, -0.25) is 0 Å². The lowest BCUT2D eigenvalue weighted by Crippen LogP contribution is -2.02. The van der Waals surface area contributed by atoms with Crippen molar-refractivity contribution < 1.29 is 14.2 Å². The summed E-state index contributed by atoms with van der Waals surface area (Å²) < 4.78 is 14.6. The second-order valence-corrected chi connectivity index (χ2v) is 1.67. The van der Waals surface area contributed by atoms with E-state index in [2.05, 4.69) is 6.58 Å². The smallest absolute Gasteiger partial charge is 0.181 e. The van der Waals surface area contributed by atoms with E-state index in [0.29, 0.717) is 13.2 Å². The number of hydrogen-bond acceptors (Lipinski definition) is 3. The van der Waals surface area contributed by atoms with Crippen LogP contribution in [-0.4, -0.2) is 26.1 Å². The average Bonchev–Trinajstić information content (AvgIpc) is 2.63. The zero-order valence-electron chi connectivity index (χ0n) is 5.21. The van der Waals surface area contributed by atoms with Crippen LogP contribution in [-0.2, 0) is 14.2 Å². The first-order valence-corrected chi connectivity index (χ1v) is 2.89. The molecule has 1 aliphatic heterocycles. The molecule has 1 aliphatic rings. The summed E-state index contributed by atoms with van der Waals surface area (Å²) in [4.78, 5) is 0. The van der Waals surface area contributed by atoms with Crippen molar-refractivity contribution in [3.05, 3.63) is 12.8 Å². The van der Waals surface area contributed by atoms with Crippen LogP contribution in [0.25, 0.3) is 0 Å². The highest BCUT2D eigenvalue weighted by molar-refractivity contribution is 4.55. The normalized spacial score (nSPS) is 23.3. The molecule has 3 heteroatoms. The van der Waals surface area contributed by atoms with Crippen LogP contribution in [0.15, 0.2) is 12.8 Å². The van der Waals surface area contributed by atoms with E-state index in [1.54, 1.807) is 0 Å². The molecule has 1 heterocycles. The minimum atomic E-state index is 0.0402. The monoisotopic (exact) mass is 130 g/mol. The molecule has 0 saturated carbocycles. The van der Waals surface area contributed by atoms with Crippen molar-refractivity contribution in [1.82, 2.24) is 0 Å². The maximum Gasteiger partial charge on any atom is 0.181 e. The maximum atomic E-state index is 5.06. The van der Waals surface area contributed by atoms with Crippen LogP contribution < -0.4 is 0 Å². The highest BCUT2D eigenvalue weighted by Crippen LogP contribution is 2.08. The van der Waals surface area contributed by atoms with E-state index in [0.717, 1.165) is 6.61 Å². The Balaban J connectivity index is 1.75. The summed E-state index contributed by atoms with van der Waals surface area (Å²) in [6.45, 7) is 5.25. The summed E-state index contributed by atoms with van der Waals surface area (Å²) in [6, 6.07) is 0. The van der Waals surface area contributed by atoms with Crippen LogP contribution in [0.3, 0.4) is 0 Å². The van der Waals surface area contributed by atoms with E-state index in [9.17, 15) is 0 Å². The van der Waals surface area contributed by atoms with E-state index >= 15 is 0 Å². The van der Waals surface area contributed by atoms with Crippen LogP contribution in [0, 0.1) is 0 Å². The summed E-state index contributed by atoms with van der Waals surface area (Å²) in [7, 11) is 0. The minimum Gasteiger partial charge on any atom is -0.499 e. The molecule has 0 bridgehead atoms. The van der Waals surface area contributed by atoms with Gasteiger partial charge < -0.3 is 14.2 Å². The van der Waals surface area contributed by atoms with Gasteiger partial charge in [-0.1, -0.05) is 6.58 Å². The largest absolute Gasteiger partial charge is 0.499 e. The Labute approximate surface area is 54.2 Å². The number of epoxide rings is 1. The molecule has 9 heavy (non-hydrogen) atoms. The van der Waals surface area contributed by atoms with E-state index in [4.69, 9.17) is 14.2 Å². The molecule has 0 aromatic carbocycles. The van der Waals surface area contributed by atoms with Crippen molar-refractivity contribution in [2.45, 2.75) is 6.29 Å². The Morgan fingerprint density at radius 1 is 1.67 bits per heavy atom. The Bertz CT molecular complexity index is 88.3. The standard InChI is InChI=1S/C6H10O3/c1-2-7-3-4-8-6-5-9-6/h2,6H,1,3-5H2. The van der Waals surface area contributed by atoms with Gasteiger partial charge in [0.1, 0.15) is 13.2 Å². The molecule has 0 aliphatic carbocycles. The molecule has 1 unspecified atom stereocenters. The second-order valence-electron chi connectivity index (χ2n) is 1.67. The Hall–Kier alpha value is -0.540. The van der Waals surface area contributed by atoms with Gasteiger partial charge in [-0.25, -0.2) is 0 Å². The topological polar surface area (TPSA) is 31.0 Å². The van der Waals surface area contributed by atoms with Crippen molar-refractivity contribution in [3.8, 4) is 0 Å². The molecule has 0 radical (unpaired) electrons. The van der Waals surface area contributed by atoms with Crippen molar-refractivity contribution in [2.75, 3.05) is 19.8 Å². The molecule has 0 aromatic rings. The van der Waals surface area contributed by atoms with Crippen LogP contribution in [0.1, 0.15) is 0 Å². The van der Waals surface area contributed by atoms with Crippen LogP contribution in [0.2, 0.25) is 0 Å². The first-order valence-electron chi connectivity index (χ1n) is 2.89. The molecule has 0 aromatic heterocycles. The lowest BCUT2D eigenvalue weighted by atomic mass is 10.7. The number of hydrogen-bond donors (Lipinski definition) is 0. The predicted molar refractivity (Wildman–Crippen MR) is 31.8 cm³/mol. The van der Waals surface area contributed by atoms with Gasteiger partial charge in [-0.05, 0) is 0 Å². The van der Waals surface area contributed by atoms with Crippen molar-refractivity contribution in [1.29, 1.82) is 0 Å². The van der Waals surface area contributed by atoms with Crippen LogP contribution >= 0.6 is 0 Å². The quantitative estimate of drug-likeness (QED) is 0.309.